The van der Waals surface area contributed by atoms with Gasteiger partial charge < -0.3 is 15.0 Å². The van der Waals surface area contributed by atoms with Crippen molar-refractivity contribution in [2.45, 2.75) is 0 Å². The van der Waals surface area contributed by atoms with E-state index in [1.165, 1.54) is 16.7 Å². The minimum Gasteiger partial charge on any atom is -0.482 e. The van der Waals surface area contributed by atoms with Crippen LogP contribution in [0.3, 0.4) is 0 Å². The minimum atomic E-state index is -0.160. The topological polar surface area (TPSA) is 58.6 Å². The SMILES string of the molecule is C=CCSCC(=O)Nc1ccc(OCC(=O)N(C)C)c(Cl)c1. The summed E-state index contributed by atoms with van der Waals surface area (Å²) in [6, 6.07) is 4.89. The lowest BCUT2D eigenvalue weighted by atomic mass is 10.3. The van der Waals surface area contributed by atoms with Gasteiger partial charge in [0.15, 0.2) is 6.61 Å². The Bertz CT molecular complexity index is 550. The molecule has 0 saturated carbocycles. The summed E-state index contributed by atoms with van der Waals surface area (Å²) >= 11 is 7.56. The van der Waals surface area contributed by atoms with Gasteiger partial charge in [0.05, 0.1) is 10.8 Å². The lowest BCUT2D eigenvalue weighted by molar-refractivity contribution is -0.130. The van der Waals surface area contributed by atoms with Crippen LogP contribution in [0.25, 0.3) is 0 Å². The van der Waals surface area contributed by atoms with E-state index in [9.17, 15) is 9.59 Å². The molecule has 5 nitrogen and oxygen atoms in total. The van der Waals surface area contributed by atoms with Gasteiger partial charge >= 0.3 is 0 Å². The van der Waals surface area contributed by atoms with Crippen LogP contribution in [-0.4, -0.2) is 48.9 Å². The number of ether oxygens (including phenoxy) is 1. The zero-order chi connectivity index (χ0) is 16.5. The van der Waals surface area contributed by atoms with Gasteiger partial charge in [0.2, 0.25) is 5.91 Å². The summed E-state index contributed by atoms with van der Waals surface area (Å²) in [5.74, 6) is 1.20. The number of thioether (sulfide) groups is 1. The normalized spacial score (nSPS) is 9.95. The van der Waals surface area contributed by atoms with Crippen LogP contribution >= 0.6 is 23.4 Å². The Morgan fingerprint density at radius 3 is 2.77 bits per heavy atom. The first-order valence-electron chi connectivity index (χ1n) is 6.55. The van der Waals surface area contributed by atoms with Crippen LogP contribution in [0.15, 0.2) is 30.9 Å². The third kappa shape index (κ3) is 6.41. The smallest absolute Gasteiger partial charge is 0.259 e. The Hall–Kier alpha value is -1.66. The van der Waals surface area contributed by atoms with Crippen molar-refractivity contribution in [2.24, 2.45) is 0 Å². The molecule has 0 heterocycles. The summed E-state index contributed by atoms with van der Waals surface area (Å²) in [7, 11) is 3.30. The highest BCUT2D eigenvalue weighted by Gasteiger charge is 2.09. The van der Waals surface area contributed by atoms with E-state index in [0.717, 1.165) is 5.75 Å². The fourth-order valence-corrected chi connectivity index (χ4v) is 2.17. The molecular formula is C15H19ClN2O3S. The van der Waals surface area contributed by atoms with Crippen molar-refractivity contribution in [3.05, 3.63) is 35.9 Å². The molecule has 0 unspecified atom stereocenters. The maximum atomic E-state index is 11.7. The number of hydrogen-bond donors (Lipinski definition) is 1. The molecule has 0 radical (unpaired) electrons. The van der Waals surface area contributed by atoms with E-state index in [4.69, 9.17) is 16.3 Å². The third-order valence-electron chi connectivity index (χ3n) is 2.53. The lowest BCUT2D eigenvalue weighted by Gasteiger charge is -2.13. The number of carbonyl (C=O) groups is 2. The number of anilines is 1. The highest BCUT2D eigenvalue weighted by molar-refractivity contribution is 8.00. The van der Waals surface area contributed by atoms with Gasteiger partial charge in [0, 0.05) is 25.5 Å². The van der Waals surface area contributed by atoms with E-state index in [1.807, 2.05) is 0 Å². The van der Waals surface area contributed by atoms with Crippen molar-refractivity contribution >= 4 is 40.9 Å². The summed E-state index contributed by atoms with van der Waals surface area (Å²) in [5.41, 5.74) is 0.584. The molecule has 0 saturated heterocycles. The molecule has 0 atom stereocenters. The van der Waals surface area contributed by atoms with E-state index in [-0.39, 0.29) is 18.4 Å². The van der Waals surface area contributed by atoms with E-state index in [2.05, 4.69) is 11.9 Å². The zero-order valence-electron chi connectivity index (χ0n) is 12.6. The Balaban J connectivity index is 2.56. The van der Waals surface area contributed by atoms with Crippen molar-refractivity contribution in [2.75, 3.05) is 37.5 Å². The number of benzene rings is 1. The largest absolute Gasteiger partial charge is 0.482 e. The molecule has 2 amide bonds. The quantitative estimate of drug-likeness (QED) is 0.583. The fourth-order valence-electron chi connectivity index (χ4n) is 1.40. The zero-order valence-corrected chi connectivity index (χ0v) is 14.2. The van der Waals surface area contributed by atoms with Crippen molar-refractivity contribution in [3.63, 3.8) is 0 Å². The number of hydrogen-bond acceptors (Lipinski definition) is 4. The van der Waals surface area contributed by atoms with Gasteiger partial charge in [-0.3, -0.25) is 9.59 Å². The minimum absolute atomic E-state index is 0.0867. The van der Waals surface area contributed by atoms with Gasteiger partial charge in [-0.2, -0.15) is 0 Å². The van der Waals surface area contributed by atoms with Crippen LogP contribution in [-0.2, 0) is 9.59 Å². The second-order valence-electron chi connectivity index (χ2n) is 4.57. The molecule has 1 rings (SSSR count). The van der Waals surface area contributed by atoms with Crippen molar-refractivity contribution < 1.29 is 14.3 Å². The van der Waals surface area contributed by atoms with E-state index < -0.39 is 0 Å². The summed E-state index contributed by atoms with van der Waals surface area (Å²) < 4.78 is 5.35. The second kappa shape index (κ2) is 9.38. The highest BCUT2D eigenvalue weighted by Crippen LogP contribution is 2.27. The van der Waals surface area contributed by atoms with Crippen LogP contribution in [0.2, 0.25) is 5.02 Å². The molecule has 1 aromatic carbocycles. The van der Waals surface area contributed by atoms with Gasteiger partial charge in [-0.1, -0.05) is 17.7 Å². The first-order valence-corrected chi connectivity index (χ1v) is 8.08. The first kappa shape index (κ1) is 18.4. The van der Waals surface area contributed by atoms with Crippen molar-refractivity contribution in [1.82, 2.24) is 4.90 Å². The molecule has 0 bridgehead atoms. The monoisotopic (exact) mass is 342 g/mol. The molecule has 0 aromatic heterocycles. The molecule has 0 aliphatic rings. The molecule has 1 N–H and O–H groups in total. The summed E-state index contributed by atoms with van der Waals surface area (Å²) in [6.07, 6.45) is 1.75. The number of likely N-dealkylation sites (N-methyl/N-ethyl adjacent to an activating group) is 1. The molecule has 7 heteroatoms. The number of nitrogens with zero attached hydrogens (tertiary/aromatic N) is 1. The number of halogens is 1. The summed E-state index contributed by atoms with van der Waals surface area (Å²) in [5, 5.41) is 3.08. The maximum absolute atomic E-state index is 11.7. The number of rotatable bonds is 8. The van der Waals surface area contributed by atoms with Crippen LogP contribution < -0.4 is 10.1 Å². The van der Waals surface area contributed by atoms with E-state index in [0.29, 0.717) is 22.2 Å². The molecule has 0 fully saturated rings. The molecule has 0 aliphatic carbocycles. The summed E-state index contributed by atoms with van der Waals surface area (Å²) in [4.78, 5) is 24.6. The molecule has 22 heavy (non-hydrogen) atoms. The standard InChI is InChI=1S/C15H19ClN2O3S/c1-4-7-22-10-14(19)17-11-5-6-13(12(16)8-11)21-9-15(20)18(2)3/h4-6,8H,1,7,9-10H2,2-3H3,(H,17,19). The van der Waals surface area contributed by atoms with Gasteiger partial charge in [0.25, 0.3) is 5.91 Å². The molecule has 120 valence electrons. The maximum Gasteiger partial charge on any atom is 0.259 e. The average Bonchev–Trinajstić information content (AvgIpc) is 2.46. The van der Waals surface area contributed by atoms with Gasteiger partial charge in [-0.15, -0.1) is 18.3 Å². The molecule has 0 spiro atoms. The van der Waals surface area contributed by atoms with Crippen LogP contribution in [0.1, 0.15) is 0 Å². The molecule has 1 aromatic rings. The number of amides is 2. The van der Waals surface area contributed by atoms with E-state index >= 15 is 0 Å². The van der Waals surface area contributed by atoms with Crippen LogP contribution in [0, 0.1) is 0 Å². The van der Waals surface area contributed by atoms with Crippen LogP contribution in [0.4, 0.5) is 5.69 Å². The fraction of sp³-hybridized carbons (Fsp3) is 0.333. The second-order valence-corrected chi connectivity index (χ2v) is 6.01. The number of carbonyl (C=O) groups excluding carboxylic acids is 2. The van der Waals surface area contributed by atoms with Gasteiger partial charge in [-0.25, -0.2) is 0 Å². The molecule has 0 aliphatic heterocycles. The Kier molecular flexibility index (Phi) is 7.84. The van der Waals surface area contributed by atoms with Gasteiger partial charge in [0.1, 0.15) is 5.75 Å². The average molecular weight is 343 g/mol. The summed E-state index contributed by atoms with van der Waals surface area (Å²) in [6.45, 7) is 3.51. The Morgan fingerprint density at radius 1 is 1.45 bits per heavy atom. The van der Waals surface area contributed by atoms with E-state index in [1.54, 1.807) is 38.4 Å². The Morgan fingerprint density at radius 2 is 2.18 bits per heavy atom. The Labute approximate surface area is 139 Å². The van der Waals surface area contributed by atoms with Crippen molar-refractivity contribution in [1.29, 1.82) is 0 Å². The highest BCUT2D eigenvalue weighted by atomic mass is 35.5. The third-order valence-corrected chi connectivity index (χ3v) is 3.77. The first-order chi connectivity index (χ1) is 10.4. The lowest BCUT2D eigenvalue weighted by Crippen LogP contribution is -2.27. The van der Waals surface area contributed by atoms with Gasteiger partial charge in [-0.05, 0) is 18.2 Å². The number of nitrogens with one attached hydrogen (secondary N) is 1. The van der Waals surface area contributed by atoms with Crippen LogP contribution in [0.5, 0.6) is 5.75 Å². The predicted octanol–water partition coefficient (Wildman–Crippen LogP) is 2.66. The molecular weight excluding hydrogens is 324 g/mol. The predicted molar refractivity (Wildman–Crippen MR) is 91.8 cm³/mol. The van der Waals surface area contributed by atoms with Crippen molar-refractivity contribution in [3.8, 4) is 5.75 Å².